The van der Waals surface area contributed by atoms with E-state index in [4.69, 9.17) is 11.6 Å². The number of hydrogen-bond acceptors (Lipinski definition) is 7. The van der Waals surface area contributed by atoms with Gasteiger partial charge in [-0.2, -0.15) is 0 Å². The van der Waals surface area contributed by atoms with Crippen molar-refractivity contribution in [2.45, 2.75) is 0 Å². The Labute approximate surface area is 161 Å². The number of benzene rings is 2. The molecule has 2 aromatic carbocycles. The summed E-state index contributed by atoms with van der Waals surface area (Å²) >= 11 is 6.74. The van der Waals surface area contributed by atoms with Gasteiger partial charge in [0.05, 0.1) is 14.8 Å². The molecule has 0 unspecified atom stereocenters. The van der Waals surface area contributed by atoms with E-state index in [1.807, 2.05) is 0 Å². The first-order valence-electron chi connectivity index (χ1n) is 7.31. The van der Waals surface area contributed by atoms with Crippen LogP contribution in [-0.4, -0.2) is 20.9 Å². The Kier molecular flexibility index (Phi) is 5.19. The topological polar surface area (TPSA) is 128 Å². The molecule has 1 fully saturated rings. The van der Waals surface area contributed by atoms with Crippen LogP contribution in [0.5, 0.6) is 0 Å². The lowest BCUT2D eigenvalue weighted by Crippen LogP contribution is -2.19. The normalized spacial score (nSPS) is 16.6. The molecule has 1 aliphatic rings. The number of nitro groups is 2. The minimum Gasteiger partial charge on any atom is -0.300 e. The number of rotatable bonds is 4. The number of amides is 1. The minimum atomic E-state index is -0.618. The first kappa shape index (κ1) is 18.5. The summed E-state index contributed by atoms with van der Waals surface area (Å²) in [7, 11) is 0. The lowest BCUT2D eigenvalue weighted by Gasteiger charge is -1.99. The standard InChI is InChI=1S/C16H9ClN4O5S/c17-10-4-5-12(13(8-10)21(25)26)18-16-19-15(22)14(27-16)7-9-2-1-3-11(6-9)20(23)24/h1-8H,(H,18,19,22)/b14-7+. The van der Waals surface area contributed by atoms with Crippen molar-refractivity contribution in [3.8, 4) is 0 Å². The van der Waals surface area contributed by atoms with Crippen LogP contribution in [0.2, 0.25) is 5.02 Å². The molecule has 2 aromatic rings. The van der Waals surface area contributed by atoms with Gasteiger partial charge in [-0.25, -0.2) is 4.99 Å². The van der Waals surface area contributed by atoms with Gasteiger partial charge < -0.3 is 5.32 Å². The molecule has 27 heavy (non-hydrogen) atoms. The molecule has 136 valence electrons. The van der Waals surface area contributed by atoms with E-state index in [1.165, 1.54) is 42.5 Å². The molecule has 0 atom stereocenters. The van der Waals surface area contributed by atoms with Gasteiger partial charge in [-0.05, 0) is 35.5 Å². The van der Waals surface area contributed by atoms with Crippen molar-refractivity contribution in [3.63, 3.8) is 0 Å². The summed E-state index contributed by atoms with van der Waals surface area (Å²) in [6, 6.07) is 9.80. The highest BCUT2D eigenvalue weighted by molar-refractivity contribution is 8.18. The van der Waals surface area contributed by atoms with Crippen molar-refractivity contribution >= 4 is 57.6 Å². The summed E-state index contributed by atoms with van der Waals surface area (Å²) in [5.74, 6) is -0.457. The number of carbonyl (C=O) groups excluding carboxylic acids is 1. The molecular formula is C16H9ClN4O5S. The summed E-state index contributed by atoms with van der Waals surface area (Å²) in [6.45, 7) is 0. The number of halogens is 1. The van der Waals surface area contributed by atoms with Crippen LogP contribution >= 0.6 is 23.4 Å². The zero-order valence-corrected chi connectivity index (χ0v) is 14.9. The molecule has 0 spiro atoms. The lowest BCUT2D eigenvalue weighted by molar-refractivity contribution is -0.384. The van der Waals surface area contributed by atoms with Gasteiger partial charge in [0.15, 0.2) is 5.17 Å². The van der Waals surface area contributed by atoms with Crippen LogP contribution < -0.4 is 5.32 Å². The Morgan fingerprint density at radius 2 is 1.89 bits per heavy atom. The Bertz CT molecular complexity index is 1040. The number of amidine groups is 1. The molecule has 3 rings (SSSR count). The van der Waals surface area contributed by atoms with Gasteiger partial charge in [0, 0.05) is 23.2 Å². The van der Waals surface area contributed by atoms with Crippen molar-refractivity contribution in [1.82, 2.24) is 5.32 Å². The van der Waals surface area contributed by atoms with Crippen LogP contribution in [0.25, 0.3) is 6.08 Å². The van der Waals surface area contributed by atoms with E-state index in [0.717, 1.165) is 11.8 Å². The fourth-order valence-electron chi connectivity index (χ4n) is 2.21. The van der Waals surface area contributed by atoms with Crippen LogP contribution in [0, 0.1) is 20.2 Å². The zero-order valence-electron chi connectivity index (χ0n) is 13.3. The molecule has 0 radical (unpaired) electrons. The second-order valence-electron chi connectivity index (χ2n) is 5.22. The van der Waals surface area contributed by atoms with Gasteiger partial charge in [0.2, 0.25) is 0 Å². The SMILES string of the molecule is O=C1NC(=Nc2ccc(Cl)cc2[N+](=O)[O-])S/C1=C/c1cccc([N+](=O)[O-])c1. The number of thioether (sulfide) groups is 1. The number of nitrogens with zero attached hydrogens (tertiary/aromatic N) is 3. The Hall–Kier alpha value is -3.24. The van der Waals surface area contributed by atoms with E-state index in [-0.39, 0.29) is 32.2 Å². The monoisotopic (exact) mass is 404 g/mol. The van der Waals surface area contributed by atoms with Gasteiger partial charge in [0.1, 0.15) is 5.69 Å². The maximum atomic E-state index is 12.1. The highest BCUT2D eigenvalue weighted by Crippen LogP contribution is 2.34. The molecule has 0 aromatic heterocycles. The predicted octanol–water partition coefficient (Wildman–Crippen LogP) is 4.05. The molecular weight excluding hydrogens is 396 g/mol. The second-order valence-corrected chi connectivity index (χ2v) is 6.69. The molecule has 9 nitrogen and oxygen atoms in total. The molecule has 1 heterocycles. The average molecular weight is 405 g/mol. The maximum Gasteiger partial charge on any atom is 0.296 e. The molecule has 0 saturated carbocycles. The highest BCUT2D eigenvalue weighted by Gasteiger charge is 2.25. The largest absolute Gasteiger partial charge is 0.300 e. The fraction of sp³-hybridized carbons (Fsp3) is 0. The second kappa shape index (κ2) is 7.56. The molecule has 1 amide bonds. The van der Waals surface area contributed by atoms with Crippen molar-refractivity contribution in [2.24, 2.45) is 4.99 Å². The van der Waals surface area contributed by atoms with Gasteiger partial charge in [-0.3, -0.25) is 25.0 Å². The summed E-state index contributed by atoms with van der Waals surface area (Å²) < 4.78 is 0. The third kappa shape index (κ3) is 4.30. The zero-order chi connectivity index (χ0) is 19.6. The summed E-state index contributed by atoms with van der Waals surface area (Å²) in [5.41, 5.74) is 0.128. The number of aliphatic imine (C=N–C) groups is 1. The van der Waals surface area contributed by atoms with Crippen molar-refractivity contribution in [1.29, 1.82) is 0 Å². The van der Waals surface area contributed by atoms with Crippen molar-refractivity contribution < 1.29 is 14.6 Å². The first-order valence-corrected chi connectivity index (χ1v) is 8.51. The summed E-state index contributed by atoms with van der Waals surface area (Å²) in [6.07, 6.45) is 1.48. The number of carbonyl (C=O) groups is 1. The number of nitro benzene ring substituents is 2. The van der Waals surface area contributed by atoms with E-state index in [0.29, 0.717) is 5.56 Å². The summed E-state index contributed by atoms with van der Waals surface area (Å²) in [4.78, 5) is 37.3. The number of hydrogen-bond donors (Lipinski definition) is 1. The third-order valence-corrected chi connectivity index (χ3v) is 4.53. The molecule has 1 aliphatic heterocycles. The predicted molar refractivity (Wildman–Crippen MR) is 102 cm³/mol. The lowest BCUT2D eigenvalue weighted by atomic mass is 10.2. The Balaban J connectivity index is 1.90. The van der Waals surface area contributed by atoms with Crippen molar-refractivity contribution in [3.05, 3.63) is 78.2 Å². The van der Waals surface area contributed by atoms with E-state index >= 15 is 0 Å². The fourth-order valence-corrected chi connectivity index (χ4v) is 3.21. The van der Waals surface area contributed by atoms with Crippen LogP contribution in [-0.2, 0) is 4.79 Å². The quantitative estimate of drug-likeness (QED) is 0.465. The number of nitrogens with one attached hydrogen (secondary N) is 1. The Morgan fingerprint density at radius 3 is 2.59 bits per heavy atom. The molecule has 1 saturated heterocycles. The molecule has 0 bridgehead atoms. The van der Waals surface area contributed by atoms with Gasteiger partial charge >= 0.3 is 0 Å². The first-order chi connectivity index (χ1) is 12.8. The van der Waals surface area contributed by atoms with Gasteiger partial charge in [-0.15, -0.1) is 0 Å². The number of non-ortho nitro benzene ring substituents is 1. The van der Waals surface area contributed by atoms with Crippen LogP contribution in [0.15, 0.2) is 52.4 Å². The van der Waals surface area contributed by atoms with Crippen molar-refractivity contribution in [2.75, 3.05) is 0 Å². The maximum absolute atomic E-state index is 12.1. The smallest absolute Gasteiger partial charge is 0.296 e. The molecule has 1 N–H and O–H groups in total. The molecule has 11 heteroatoms. The van der Waals surface area contributed by atoms with E-state index in [1.54, 1.807) is 6.07 Å². The summed E-state index contributed by atoms with van der Waals surface area (Å²) in [5, 5.41) is 24.8. The van der Waals surface area contributed by atoms with E-state index in [2.05, 4.69) is 10.3 Å². The Morgan fingerprint density at radius 1 is 1.11 bits per heavy atom. The van der Waals surface area contributed by atoms with E-state index < -0.39 is 15.8 Å². The van der Waals surface area contributed by atoms with E-state index in [9.17, 15) is 25.0 Å². The highest BCUT2D eigenvalue weighted by atomic mass is 35.5. The van der Waals surface area contributed by atoms with Crippen LogP contribution in [0.4, 0.5) is 17.1 Å². The average Bonchev–Trinajstić information content (AvgIpc) is 2.95. The van der Waals surface area contributed by atoms with Crippen LogP contribution in [0.1, 0.15) is 5.56 Å². The minimum absolute atomic E-state index is 0.0452. The van der Waals surface area contributed by atoms with Crippen LogP contribution in [0.3, 0.4) is 0 Å². The molecule has 0 aliphatic carbocycles. The third-order valence-electron chi connectivity index (χ3n) is 3.39. The van der Waals surface area contributed by atoms with Gasteiger partial charge in [-0.1, -0.05) is 23.7 Å². The van der Waals surface area contributed by atoms with Gasteiger partial charge in [0.25, 0.3) is 17.3 Å².